The maximum Gasteiger partial charge on any atom is 0.269 e. The Morgan fingerprint density at radius 3 is 2.42 bits per heavy atom. The Labute approximate surface area is 149 Å². The van der Waals surface area contributed by atoms with Crippen LogP contribution in [0.2, 0.25) is 0 Å². The van der Waals surface area contributed by atoms with Gasteiger partial charge in [0.05, 0.1) is 4.92 Å². The molecule has 134 valence electrons. The molecule has 0 spiro atoms. The van der Waals surface area contributed by atoms with Crippen LogP contribution < -0.4 is 4.74 Å². The van der Waals surface area contributed by atoms with Crippen molar-refractivity contribution in [1.29, 1.82) is 0 Å². The van der Waals surface area contributed by atoms with Gasteiger partial charge in [0.1, 0.15) is 11.6 Å². The van der Waals surface area contributed by atoms with Crippen LogP contribution in [0.25, 0.3) is 5.57 Å². The molecule has 0 fully saturated rings. The lowest BCUT2D eigenvalue weighted by molar-refractivity contribution is -0.384. The molecule has 1 heterocycles. The Hall–Kier alpha value is -3.22. The third kappa shape index (κ3) is 4.24. The molecule has 0 aliphatic carbocycles. The van der Waals surface area contributed by atoms with E-state index in [0.717, 1.165) is 11.1 Å². The van der Waals surface area contributed by atoms with Gasteiger partial charge in [-0.3, -0.25) is 14.9 Å². The number of carbonyl (C=O) groups excluding carboxylic acids is 1. The van der Waals surface area contributed by atoms with E-state index in [9.17, 15) is 19.3 Å². The van der Waals surface area contributed by atoms with Gasteiger partial charge in [-0.15, -0.1) is 0 Å². The molecule has 1 aliphatic rings. The number of ether oxygens (including phenoxy) is 1. The molecular weight excluding hydrogens is 339 g/mol. The average Bonchev–Trinajstić information content (AvgIpc) is 2.67. The Morgan fingerprint density at radius 1 is 1.15 bits per heavy atom. The molecule has 26 heavy (non-hydrogen) atoms. The molecule has 0 radical (unpaired) electrons. The van der Waals surface area contributed by atoms with Crippen molar-refractivity contribution in [2.75, 3.05) is 19.7 Å². The molecule has 0 atom stereocenters. The van der Waals surface area contributed by atoms with E-state index >= 15 is 0 Å². The highest BCUT2D eigenvalue weighted by Crippen LogP contribution is 2.23. The molecule has 7 heteroatoms. The maximum absolute atomic E-state index is 13.0. The van der Waals surface area contributed by atoms with Crippen molar-refractivity contribution in [3.05, 3.63) is 76.1 Å². The van der Waals surface area contributed by atoms with Crippen molar-refractivity contribution in [1.82, 2.24) is 4.90 Å². The van der Waals surface area contributed by atoms with Crippen molar-refractivity contribution >= 4 is 17.2 Å². The summed E-state index contributed by atoms with van der Waals surface area (Å²) < 4.78 is 18.4. The monoisotopic (exact) mass is 356 g/mol. The van der Waals surface area contributed by atoms with Crippen molar-refractivity contribution in [3.8, 4) is 5.75 Å². The number of carbonyl (C=O) groups is 1. The quantitative estimate of drug-likeness (QED) is 0.608. The largest absolute Gasteiger partial charge is 0.484 e. The van der Waals surface area contributed by atoms with E-state index < -0.39 is 4.92 Å². The first-order chi connectivity index (χ1) is 12.5. The van der Waals surface area contributed by atoms with Crippen LogP contribution in [0.3, 0.4) is 0 Å². The van der Waals surface area contributed by atoms with E-state index in [1.165, 1.54) is 36.4 Å². The zero-order chi connectivity index (χ0) is 18.5. The molecule has 3 rings (SSSR count). The summed E-state index contributed by atoms with van der Waals surface area (Å²) >= 11 is 0. The molecule has 6 nitrogen and oxygen atoms in total. The van der Waals surface area contributed by atoms with Gasteiger partial charge in [0.15, 0.2) is 6.61 Å². The van der Waals surface area contributed by atoms with E-state index in [1.807, 2.05) is 6.08 Å². The van der Waals surface area contributed by atoms with Gasteiger partial charge in [0.25, 0.3) is 11.6 Å². The molecule has 0 saturated carbocycles. The van der Waals surface area contributed by atoms with Crippen molar-refractivity contribution < 1.29 is 18.8 Å². The third-order valence-electron chi connectivity index (χ3n) is 4.19. The fraction of sp³-hybridized carbons (Fsp3) is 0.211. The van der Waals surface area contributed by atoms with Gasteiger partial charge in [0, 0.05) is 25.2 Å². The highest BCUT2D eigenvalue weighted by molar-refractivity contribution is 5.79. The van der Waals surface area contributed by atoms with Gasteiger partial charge in [-0.2, -0.15) is 0 Å². The number of halogens is 1. The van der Waals surface area contributed by atoms with Gasteiger partial charge in [-0.05, 0) is 41.8 Å². The Kier molecular flexibility index (Phi) is 5.26. The lowest BCUT2D eigenvalue weighted by Crippen LogP contribution is -2.37. The van der Waals surface area contributed by atoms with Crippen molar-refractivity contribution in [3.63, 3.8) is 0 Å². The highest BCUT2D eigenvalue weighted by atomic mass is 19.1. The smallest absolute Gasteiger partial charge is 0.269 e. The number of amides is 1. The number of nitrogens with zero attached hydrogens (tertiary/aromatic N) is 2. The Bertz CT molecular complexity index is 832. The molecular formula is C19H17FN2O4. The van der Waals surface area contributed by atoms with Crippen molar-refractivity contribution in [2.24, 2.45) is 0 Å². The minimum absolute atomic E-state index is 0.0295. The van der Waals surface area contributed by atoms with Gasteiger partial charge in [-0.25, -0.2) is 4.39 Å². The zero-order valence-corrected chi connectivity index (χ0v) is 13.9. The Morgan fingerprint density at radius 2 is 1.85 bits per heavy atom. The summed E-state index contributed by atoms with van der Waals surface area (Å²) in [5.41, 5.74) is 2.02. The maximum atomic E-state index is 13.0. The first-order valence-corrected chi connectivity index (χ1v) is 8.13. The van der Waals surface area contributed by atoms with Crippen LogP contribution in [0.1, 0.15) is 12.0 Å². The second-order valence-corrected chi connectivity index (χ2v) is 5.87. The zero-order valence-electron chi connectivity index (χ0n) is 13.9. The summed E-state index contributed by atoms with van der Waals surface area (Å²) in [5.74, 6) is -0.0216. The summed E-state index contributed by atoms with van der Waals surface area (Å²) in [6, 6.07) is 11.9. The van der Waals surface area contributed by atoms with Gasteiger partial charge in [-0.1, -0.05) is 18.2 Å². The summed E-state index contributed by atoms with van der Waals surface area (Å²) in [6.07, 6.45) is 2.65. The summed E-state index contributed by atoms with van der Waals surface area (Å²) in [7, 11) is 0. The molecule has 0 saturated heterocycles. The van der Waals surface area contributed by atoms with Gasteiger partial charge >= 0.3 is 0 Å². The second kappa shape index (κ2) is 7.77. The van der Waals surface area contributed by atoms with Crippen LogP contribution in [0.15, 0.2) is 54.6 Å². The standard InChI is InChI=1S/C19H17FN2O4/c20-16-3-1-14(2-4-16)15-9-11-21(12-10-15)19(23)13-26-18-7-5-17(6-8-18)22(24)25/h1-9H,10-13H2. The average molecular weight is 356 g/mol. The molecule has 2 aromatic rings. The third-order valence-corrected chi connectivity index (χ3v) is 4.19. The van der Waals surface area contributed by atoms with E-state index in [4.69, 9.17) is 4.74 Å². The number of nitro groups is 1. The van der Waals surface area contributed by atoms with E-state index in [1.54, 1.807) is 17.0 Å². The minimum atomic E-state index is -0.492. The first kappa shape index (κ1) is 17.6. The topological polar surface area (TPSA) is 72.7 Å². The highest BCUT2D eigenvalue weighted by Gasteiger charge is 2.18. The molecule has 0 unspecified atom stereocenters. The van der Waals surface area contributed by atoms with Crippen LogP contribution in [-0.2, 0) is 4.79 Å². The fourth-order valence-corrected chi connectivity index (χ4v) is 2.72. The van der Waals surface area contributed by atoms with E-state index in [-0.39, 0.29) is 24.0 Å². The lowest BCUT2D eigenvalue weighted by atomic mass is 9.99. The van der Waals surface area contributed by atoms with E-state index in [0.29, 0.717) is 25.3 Å². The number of benzene rings is 2. The molecule has 0 bridgehead atoms. The molecule has 2 aromatic carbocycles. The van der Waals surface area contributed by atoms with Crippen LogP contribution in [0.5, 0.6) is 5.75 Å². The van der Waals surface area contributed by atoms with E-state index in [2.05, 4.69) is 0 Å². The molecule has 0 N–H and O–H groups in total. The van der Waals surface area contributed by atoms with Gasteiger partial charge in [0.2, 0.25) is 0 Å². The van der Waals surface area contributed by atoms with Crippen LogP contribution in [-0.4, -0.2) is 35.4 Å². The fourth-order valence-electron chi connectivity index (χ4n) is 2.72. The number of non-ortho nitro benzene ring substituents is 1. The lowest BCUT2D eigenvalue weighted by Gasteiger charge is -2.26. The molecule has 0 aromatic heterocycles. The minimum Gasteiger partial charge on any atom is -0.484 e. The van der Waals surface area contributed by atoms with Crippen LogP contribution in [0.4, 0.5) is 10.1 Å². The predicted octanol–water partition coefficient (Wildman–Crippen LogP) is 3.43. The Balaban J connectivity index is 1.53. The SMILES string of the molecule is O=C(COc1ccc([N+](=O)[O-])cc1)N1CC=C(c2ccc(F)cc2)CC1. The van der Waals surface area contributed by atoms with Crippen LogP contribution in [0, 0.1) is 15.9 Å². The summed E-state index contributed by atoms with van der Waals surface area (Å²) in [6.45, 7) is 0.901. The molecule has 1 aliphatic heterocycles. The van der Waals surface area contributed by atoms with Gasteiger partial charge < -0.3 is 9.64 Å². The second-order valence-electron chi connectivity index (χ2n) is 5.87. The first-order valence-electron chi connectivity index (χ1n) is 8.13. The number of hydrogen-bond acceptors (Lipinski definition) is 4. The predicted molar refractivity (Wildman–Crippen MR) is 94.2 cm³/mol. The normalized spacial score (nSPS) is 13.9. The molecule has 1 amide bonds. The summed E-state index contributed by atoms with van der Waals surface area (Å²) in [5, 5.41) is 10.6. The number of hydrogen-bond donors (Lipinski definition) is 0. The number of nitro benzene ring substituents is 1. The summed E-state index contributed by atoms with van der Waals surface area (Å²) in [4.78, 5) is 24.0. The van der Waals surface area contributed by atoms with Crippen molar-refractivity contribution in [2.45, 2.75) is 6.42 Å². The number of rotatable bonds is 5. The van der Waals surface area contributed by atoms with Crippen LogP contribution >= 0.6 is 0 Å².